The molecule has 0 aliphatic rings. The third-order valence-electron chi connectivity index (χ3n) is 2.56. The third-order valence-corrected chi connectivity index (χ3v) is 4.42. The number of nitrogens with two attached hydrogens (primary N) is 2. The molecule has 5 nitrogen and oxygen atoms in total. The van der Waals surface area contributed by atoms with E-state index in [2.05, 4.69) is 15.2 Å². The zero-order chi connectivity index (χ0) is 13.2. The van der Waals surface area contributed by atoms with E-state index in [1.54, 1.807) is 0 Å². The fourth-order valence-corrected chi connectivity index (χ4v) is 3.52. The summed E-state index contributed by atoms with van der Waals surface area (Å²) in [7, 11) is 0. The van der Waals surface area contributed by atoms with Crippen molar-refractivity contribution in [2.45, 2.75) is 15.8 Å². The number of rotatable bonds is 3. The second-order valence-corrected chi connectivity index (χ2v) is 6.14. The zero-order valence-corrected chi connectivity index (χ0v) is 11.5. The monoisotopic (exact) mass is 289 g/mol. The number of pyridine rings is 1. The minimum Gasteiger partial charge on any atom is -0.374 e. The summed E-state index contributed by atoms with van der Waals surface area (Å²) in [5.41, 5.74) is 13.1. The molecule has 0 unspecified atom stereocenters. The second kappa shape index (κ2) is 5.12. The third kappa shape index (κ3) is 2.53. The Kier molecular flexibility index (Phi) is 3.33. The van der Waals surface area contributed by atoms with Crippen molar-refractivity contribution in [1.82, 2.24) is 15.2 Å². The van der Waals surface area contributed by atoms with Gasteiger partial charge in [-0.3, -0.25) is 4.98 Å². The number of anilines is 1. The van der Waals surface area contributed by atoms with Crippen molar-refractivity contribution in [2.24, 2.45) is 5.73 Å². The summed E-state index contributed by atoms with van der Waals surface area (Å²) in [4.78, 5) is 5.58. The Morgan fingerprint density at radius 2 is 2.05 bits per heavy atom. The van der Waals surface area contributed by atoms with E-state index < -0.39 is 0 Å². The van der Waals surface area contributed by atoms with E-state index in [-0.39, 0.29) is 0 Å². The summed E-state index contributed by atoms with van der Waals surface area (Å²) < 4.78 is 0.817. The molecule has 0 spiro atoms. The van der Waals surface area contributed by atoms with Gasteiger partial charge < -0.3 is 11.5 Å². The van der Waals surface area contributed by atoms with Crippen molar-refractivity contribution in [3.05, 3.63) is 36.0 Å². The molecule has 0 bridgehead atoms. The van der Waals surface area contributed by atoms with E-state index in [0.29, 0.717) is 11.7 Å². The maximum Gasteiger partial charge on any atom is 0.203 e. The van der Waals surface area contributed by atoms with Crippen molar-refractivity contribution in [3.8, 4) is 0 Å². The average Bonchev–Trinajstić information content (AvgIpc) is 2.84. The number of nitrogen functional groups attached to an aromatic ring is 1. The maximum atomic E-state index is 5.69. The average molecular weight is 289 g/mol. The van der Waals surface area contributed by atoms with Crippen LogP contribution >= 0.6 is 23.1 Å². The van der Waals surface area contributed by atoms with Gasteiger partial charge in [0, 0.05) is 16.8 Å². The van der Waals surface area contributed by atoms with Gasteiger partial charge in [0.2, 0.25) is 5.13 Å². The first-order valence-corrected chi connectivity index (χ1v) is 7.25. The molecule has 3 rings (SSSR count). The SMILES string of the molecule is NCc1cc(Sc2nnc(N)s2)c2ccccc2n1. The summed E-state index contributed by atoms with van der Waals surface area (Å²) in [6.45, 7) is 0.413. The van der Waals surface area contributed by atoms with Gasteiger partial charge in [0.25, 0.3) is 0 Å². The zero-order valence-electron chi connectivity index (χ0n) is 9.91. The van der Waals surface area contributed by atoms with E-state index in [4.69, 9.17) is 11.5 Å². The predicted octanol–water partition coefficient (Wildman–Crippen LogP) is 2.28. The fraction of sp³-hybridized carbons (Fsp3) is 0.0833. The minimum absolute atomic E-state index is 0.413. The topological polar surface area (TPSA) is 90.7 Å². The predicted molar refractivity (Wildman–Crippen MR) is 78.1 cm³/mol. The highest BCUT2D eigenvalue weighted by Gasteiger charge is 2.09. The lowest BCUT2D eigenvalue weighted by molar-refractivity contribution is 0.994. The molecule has 4 N–H and O–H groups in total. The molecule has 0 fully saturated rings. The molecular weight excluding hydrogens is 278 g/mol. The smallest absolute Gasteiger partial charge is 0.203 e. The summed E-state index contributed by atoms with van der Waals surface area (Å²) in [6.07, 6.45) is 0. The number of hydrogen-bond acceptors (Lipinski definition) is 7. The van der Waals surface area contributed by atoms with Crippen molar-refractivity contribution in [3.63, 3.8) is 0 Å². The van der Waals surface area contributed by atoms with Gasteiger partial charge in [-0.15, -0.1) is 10.2 Å². The molecule has 2 aromatic heterocycles. The molecule has 0 aliphatic carbocycles. The molecule has 0 atom stereocenters. The minimum atomic E-state index is 0.413. The van der Waals surface area contributed by atoms with Gasteiger partial charge >= 0.3 is 0 Å². The van der Waals surface area contributed by atoms with Crippen molar-refractivity contribution in [2.75, 3.05) is 5.73 Å². The summed E-state index contributed by atoms with van der Waals surface area (Å²) in [6, 6.07) is 9.96. The van der Waals surface area contributed by atoms with Crippen molar-refractivity contribution >= 4 is 39.1 Å². The molecule has 2 heterocycles. The number of aromatic nitrogens is 3. The van der Waals surface area contributed by atoms with Crippen LogP contribution in [0.1, 0.15) is 5.69 Å². The van der Waals surface area contributed by atoms with Crippen LogP contribution < -0.4 is 11.5 Å². The van der Waals surface area contributed by atoms with E-state index in [9.17, 15) is 0 Å². The molecule has 0 amide bonds. The standard InChI is InChI=1S/C12H11N5S2/c13-6-7-5-10(18-12-17-16-11(14)19-12)8-3-1-2-4-9(8)15-7/h1-5H,6,13H2,(H2,14,16). The lowest BCUT2D eigenvalue weighted by Crippen LogP contribution is -2.00. The quantitative estimate of drug-likeness (QED) is 0.768. The molecular formula is C12H11N5S2. The Hall–Kier alpha value is -1.70. The lowest BCUT2D eigenvalue weighted by atomic mass is 10.2. The molecule has 0 aliphatic heterocycles. The summed E-state index contributed by atoms with van der Waals surface area (Å²) in [5, 5.41) is 9.40. The van der Waals surface area contributed by atoms with E-state index in [0.717, 1.165) is 25.8 Å². The number of benzene rings is 1. The number of fused-ring (bicyclic) bond motifs is 1. The van der Waals surface area contributed by atoms with Gasteiger partial charge in [-0.05, 0) is 12.1 Å². The van der Waals surface area contributed by atoms with E-state index in [1.165, 1.54) is 23.1 Å². The van der Waals surface area contributed by atoms with Crippen LogP contribution in [0.5, 0.6) is 0 Å². The molecule has 0 radical (unpaired) electrons. The van der Waals surface area contributed by atoms with Crippen molar-refractivity contribution in [1.29, 1.82) is 0 Å². The van der Waals surface area contributed by atoms with E-state index in [1.807, 2.05) is 30.3 Å². The molecule has 7 heteroatoms. The summed E-state index contributed by atoms with van der Waals surface area (Å²) in [5.74, 6) is 0. The first kappa shape index (κ1) is 12.3. The molecule has 0 saturated carbocycles. The molecule has 96 valence electrons. The first-order valence-electron chi connectivity index (χ1n) is 5.62. The Morgan fingerprint density at radius 1 is 1.21 bits per heavy atom. The van der Waals surface area contributed by atoms with Crippen LogP contribution in [0, 0.1) is 0 Å². The van der Waals surface area contributed by atoms with Crippen LogP contribution in [0.4, 0.5) is 5.13 Å². The molecule has 3 aromatic rings. The number of nitrogens with zero attached hydrogens (tertiary/aromatic N) is 3. The highest BCUT2D eigenvalue weighted by atomic mass is 32.2. The number of hydrogen-bond donors (Lipinski definition) is 2. The van der Waals surface area contributed by atoms with Gasteiger partial charge in [0.1, 0.15) is 0 Å². The Balaban J connectivity index is 2.10. The highest BCUT2D eigenvalue weighted by Crippen LogP contribution is 2.35. The van der Waals surface area contributed by atoms with Crippen LogP contribution in [0.3, 0.4) is 0 Å². The second-order valence-electron chi connectivity index (χ2n) is 3.84. The van der Waals surface area contributed by atoms with Crippen molar-refractivity contribution < 1.29 is 0 Å². The van der Waals surface area contributed by atoms with Crippen LogP contribution in [0.2, 0.25) is 0 Å². The Bertz CT molecular complexity index is 725. The maximum absolute atomic E-state index is 5.69. The van der Waals surface area contributed by atoms with Gasteiger partial charge in [-0.1, -0.05) is 41.3 Å². The molecule has 0 saturated heterocycles. The van der Waals surface area contributed by atoms with Crippen LogP contribution in [-0.2, 0) is 6.54 Å². The van der Waals surface area contributed by atoms with E-state index >= 15 is 0 Å². The van der Waals surface area contributed by atoms with Crippen LogP contribution in [-0.4, -0.2) is 15.2 Å². The molecule has 19 heavy (non-hydrogen) atoms. The largest absolute Gasteiger partial charge is 0.374 e. The normalized spacial score (nSPS) is 11.0. The Labute approximate surface area is 118 Å². The Morgan fingerprint density at radius 3 is 2.79 bits per heavy atom. The van der Waals surface area contributed by atoms with Gasteiger partial charge in [-0.2, -0.15) is 0 Å². The highest BCUT2D eigenvalue weighted by molar-refractivity contribution is 8.01. The fourth-order valence-electron chi connectivity index (χ4n) is 1.74. The molecule has 1 aromatic carbocycles. The van der Waals surface area contributed by atoms with Gasteiger partial charge in [-0.25, -0.2) is 0 Å². The van der Waals surface area contributed by atoms with Gasteiger partial charge in [0.15, 0.2) is 4.34 Å². The van der Waals surface area contributed by atoms with Crippen LogP contribution in [0.25, 0.3) is 10.9 Å². The lowest BCUT2D eigenvalue weighted by Gasteiger charge is -2.06. The first-order chi connectivity index (χ1) is 9.26. The summed E-state index contributed by atoms with van der Waals surface area (Å²) >= 11 is 2.91. The van der Waals surface area contributed by atoms with Crippen LogP contribution in [0.15, 0.2) is 39.6 Å². The van der Waals surface area contributed by atoms with Gasteiger partial charge in [0.05, 0.1) is 11.2 Å². The number of para-hydroxylation sites is 1.